The van der Waals surface area contributed by atoms with Gasteiger partial charge in [0, 0.05) is 6.42 Å². The average molecular weight is 394 g/mol. The molecule has 0 unspecified atom stereocenters. The van der Waals surface area contributed by atoms with Gasteiger partial charge in [-0.3, -0.25) is 0 Å². The van der Waals surface area contributed by atoms with E-state index in [9.17, 15) is 0 Å². The third-order valence-electron chi connectivity index (χ3n) is 7.40. The van der Waals surface area contributed by atoms with E-state index in [1.807, 2.05) is 12.1 Å². The lowest BCUT2D eigenvalue weighted by atomic mass is 9.68. The van der Waals surface area contributed by atoms with Crippen LogP contribution in [0.1, 0.15) is 81.3 Å². The molecule has 0 amide bonds. The lowest BCUT2D eigenvalue weighted by molar-refractivity contribution is -0.175. The Balaban J connectivity index is 1.17. The van der Waals surface area contributed by atoms with Gasteiger partial charge in [0.15, 0.2) is 6.29 Å². The Morgan fingerprint density at radius 2 is 1.48 bits per heavy atom. The van der Waals surface area contributed by atoms with Crippen LogP contribution in [0.15, 0.2) is 36.4 Å². The molecule has 1 heterocycles. The Labute approximate surface area is 176 Å². The molecular weight excluding hydrogens is 358 g/mol. The quantitative estimate of drug-likeness (QED) is 0.548. The molecule has 2 aliphatic carbocycles. The molecule has 0 aromatic heterocycles. The van der Waals surface area contributed by atoms with Gasteiger partial charge in [-0.05, 0) is 99.2 Å². The summed E-state index contributed by atoms with van der Waals surface area (Å²) in [5.41, 5.74) is 2.20. The molecule has 2 saturated carbocycles. The molecule has 3 aliphatic rings. The van der Waals surface area contributed by atoms with Crippen molar-refractivity contribution in [3.63, 3.8) is 0 Å². The van der Waals surface area contributed by atoms with E-state index in [1.165, 1.54) is 56.9 Å². The van der Waals surface area contributed by atoms with E-state index in [1.54, 1.807) is 0 Å². The lowest BCUT2D eigenvalue weighted by Crippen LogP contribution is -2.25. The van der Waals surface area contributed by atoms with Crippen LogP contribution in [0.5, 0.6) is 0 Å². The maximum Gasteiger partial charge on any atom is 0.160 e. The summed E-state index contributed by atoms with van der Waals surface area (Å²) in [7, 11) is 0. The lowest BCUT2D eigenvalue weighted by Gasteiger charge is -2.37. The van der Waals surface area contributed by atoms with Crippen molar-refractivity contribution in [3.8, 4) is 6.07 Å². The zero-order chi connectivity index (χ0) is 19.9. The van der Waals surface area contributed by atoms with E-state index in [4.69, 9.17) is 14.7 Å². The molecular formula is C26H35NO2. The van der Waals surface area contributed by atoms with Crippen LogP contribution in [0.4, 0.5) is 0 Å². The summed E-state index contributed by atoms with van der Waals surface area (Å²) in [6.45, 7) is 1.69. The van der Waals surface area contributed by atoms with Gasteiger partial charge in [-0.1, -0.05) is 24.3 Å². The number of allylic oxidation sites excluding steroid dienone is 1. The molecule has 4 rings (SSSR count). The average Bonchev–Trinajstić information content (AvgIpc) is 2.80. The molecule has 0 bridgehead atoms. The second-order valence-electron chi connectivity index (χ2n) is 9.21. The summed E-state index contributed by atoms with van der Waals surface area (Å²) < 4.78 is 11.3. The van der Waals surface area contributed by atoms with Crippen LogP contribution >= 0.6 is 0 Å². The predicted octanol–water partition coefficient (Wildman–Crippen LogP) is 6.35. The van der Waals surface area contributed by atoms with E-state index in [0.717, 1.165) is 49.4 Å². The molecule has 1 saturated heterocycles. The Kier molecular flexibility index (Phi) is 7.41. The van der Waals surface area contributed by atoms with Gasteiger partial charge in [0.1, 0.15) is 0 Å². The fourth-order valence-electron chi connectivity index (χ4n) is 5.62. The summed E-state index contributed by atoms with van der Waals surface area (Å²) in [6.07, 6.45) is 17.5. The molecule has 3 fully saturated rings. The summed E-state index contributed by atoms with van der Waals surface area (Å²) in [5.74, 6) is 3.32. The highest BCUT2D eigenvalue weighted by Crippen LogP contribution is 2.44. The first-order valence-electron chi connectivity index (χ1n) is 11.7. The van der Waals surface area contributed by atoms with E-state index in [2.05, 4.69) is 30.4 Å². The number of hydrogen-bond donors (Lipinski definition) is 0. The van der Waals surface area contributed by atoms with Crippen molar-refractivity contribution in [2.24, 2.45) is 17.8 Å². The molecule has 0 radical (unpaired) electrons. The monoisotopic (exact) mass is 393 g/mol. The maximum atomic E-state index is 8.98. The normalized spacial score (nSPS) is 31.6. The first-order valence-corrected chi connectivity index (χ1v) is 11.7. The fourth-order valence-corrected chi connectivity index (χ4v) is 5.62. The van der Waals surface area contributed by atoms with Crippen molar-refractivity contribution < 1.29 is 9.47 Å². The number of nitriles is 1. The SMILES string of the molecule is N#Cc1ccc(C2CCC(C3CCC(C=CCC4OCCCO4)CC3)CC2)cc1. The van der Waals surface area contributed by atoms with E-state index in [0.29, 0.717) is 5.92 Å². The molecule has 1 aliphatic heterocycles. The highest BCUT2D eigenvalue weighted by atomic mass is 16.7. The van der Waals surface area contributed by atoms with Crippen LogP contribution < -0.4 is 0 Å². The van der Waals surface area contributed by atoms with Crippen molar-refractivity contribution >= 4 is 0 Å². The van der Waals surface area contributed by atoms with Gasteiger partial charge in [-0.15, -0.1) is 0 Å². The molecule has 0 atom stereocenters. The minimum atomic E-state index is -0.0115. The van der Waals surface area contributed by atoms with Gasteiger partial charge in [0.2, 0.25) is 0 Å². The number of hydrogen-bond acceptors (Lipinski definition) is 3. The van der Waals surface area contributed by atoms with Gasteiger partial charge < -0.3 is 9.47 Å². The van der Waals surface area contributed by atoms with Crippen molar-refractivity contribution in [2.75, 3.05) is 13.2 Å². The van der Waals surface area contributed by atoms with E-state index < -0.39 is 0 Å². The van der Waals surface area contributed by atoms with Crippen molar-refractivity contribution in [3.05, 3.63) is 47.5 Å². The molecule has 1 aromatic carbocycles. The Morgan fingerprint density at radius 3 is 2.10 bits per heavy atom. The number of nitrogens with zero attached hydrogens (tertiary/aromatic N) is 1. The standard InChI is InChI=1S/C26H35NO2/c27-19-21-7-11-23(12-8-21)25-15-13-24(14-16-25)22-9-5-20(6-10-22)3-1-4-26-28-17-2-18-29-26/h1,3,7-8,11-12,20,22,24-26H,2,4-6,9-10,13-18H2. The topological polar surface area (TPSA) is 42.2 Å². The van der Waals surface area contributed by atoms with Crippen LogP contribution in [-0.2, 0) is 9.47 Å². The number of benzene rings is 1. The first kappa shape index (κ1) is 20.6. The largest absolute Gasteiger partial charge is 0.352 e. The second-order valence-corrected chi connectivity index (χ2v) is 9.21. The van der Waals surface area contributed by atoms with Gasteiger partial charge in [-0.25, -0.2) is 0 Å². The molecule has 0 spiro atoms. The van der Waals surface area contributed by atoms with Crippen molar-refractivity contribution in [1.29, 1.82) is 5.26 Å². The zero-order valence-corrected chi connectivity index (χ0v) is 17.6. The van der Waals surface area contributed by atoms with Crippen LogP contribution in [0.25, 0.3) is 0 Å². The second kappa shape index (κ2) is 10.4. The maximum absolute atomic E-state index is 8.98. The van der Waals surface area contributed by atoms with Gasteiger partial charge in [0.05, 0.1) is 24.8 Å². The summed E-state index contributed by atoms with van der Waals surface area (Å²) in [4.78, 5) is 0. The van der Waals surface area contributed by atoms with Crippen LogP contribution in [0.3, 0.4) is 0 Å². The third kappa shape index (κ3) is 5.71. The molecule has 3 heteroatoms. The Bertz CT molecular complexity index is 682. The van der Waals surface area contributed by atoms with Gasteiger partial charge in [-0.2, -0.15) is 5.26 Å². The highest BCUT2D eigenvalue weighted by Gasteiger charge is 2.30. The molecule has 29 heavy (non-hydrogen) atoms. The molecule has 1 aromatic rings. The minimum Gasteiger partial charge on any atom is -0.352 e. The summed E-state index contributed by atoms with van der Waals surface area (Å²) in [6, 6.07) is 10.5. The summed E-state index contributed by atoms with van der Waals surface area (Å²) >= 11 is 0. The van der Waals surface area contributed by atoms with E-state index in [-0.39, 0.29) is 6.29 Å². The Hall–Kier alpha value is -1.63. The van der Waals surface area contributed by atoms with E-state index >= 15 is 0 Å². The minimum absolute atomic E-state index is 0.0115. The van der Waals surface area contributed by atoms with Crippen molar-refractivity contribution in [2.45, 2.75) is 76.4 Å². The smallest absolute Gasteiger partial charge is 0.160 e. The predicted molar refractivity (Wildman–Crippen MR) is 115 cm³/mol. The highest BCUT2D eigenvalue weighted by molar-refractivity contribution is 5.33. The summed E-state index contributed by atoms with van der Waals surface area (Å²) in [5, 5.41) is 8.98. The van der Waals surface area contributed by atoms with Crippen LogP contribution in [0.2, 0.25) is 0 Å². The Morgan fingerprint density at radius 1 is 0.862 bits per heavy atom. The number of ether oxygens (including phenoxy) is 2. The molecule has 3 nitrogen and oxygen atoms in total. The zero-order valence-electron chi connectivity index (χ0n) is 17.6. The van der Waals surface area contributed by atoms with Gasteiger partial charge >= 0.3 is 0 Å². The number of rotatable bonds is 5. The van der Waals surface area contributed by atoms with Crippen molar-refractivity contribution in [1.82, 2.24) is 0 Å². The van der Waals surface area contributed by atoms with Crippen LogP contribution in [-0.4, -0.2) is 19.5 Å². The van der Waals surface area contributed by atoms with Gasteiger partial charge in [0.25, 0.3) is 0 Å². The third-order valence-corrected chi connectivity index (χ3v) is 7.40. The fraction of sp³-hybridized carbons (Fsp3) is 0.654. The molecule has 0 N–H and O–H groups in total. The molecule has 156 valence electrons. The first-order chi connectivity index (χ1) is 14.3. The van der Waals surface area contributed by atoms with Crippen LogP contribution in [0, 0.1) is 29.1 Å².